The summed E-state index contributed by atoms with van der Waals surface area (Å²) in [6.45, 7) is 6.00. The molecule has 2 heterocycles. The van der Waals surface area contributed by atoms with Crippen LogP contribution in [-0.4, -0.2) is 42.9 Å². The van der Waals surface area contributed by atoms with Gasteiger partial charge in [0.2, 0.25) is 0 Å². The van der Waals surface area contributed by atoms with Crippen molar-refractivity contribution in [1.29, 1.82) is 0 Å². The number of allylic oxidation sites excluding steroid dienone is 1. The van der Waals surface area contributed by atoms with Crippen molar-refractivity contribution in [2.75, 3.05) is 27.4 Å². The Morgan fingerprint density at radius 1 is 0.957 bits per heavy atom. The van der Waals surface area contributed by atoms with Crippen molar-refractivity contribution >= 4 is 29.1 Å². The smallest absolute Gasteiger partial charge is 0.338 e. The lowest BCUT2D eigenvalue weighted by Gasteiger charge is -2.25. The minimum Gasteiger partial charge on any atom is -0.493 e. The maximum absolute atomic E-state index is 14.1. The molecule has 5 rings (SSSR count). The molecule has 1 aliphatic heterocycles. The average Bonchev–Trinajstić information content (AvgIpc) is 3.37. The molecule has 0 unspecified atom stereocenters. The molecule has 0 radical (unpaired) electrons. The third kappa shape index (κ3) is 6.89. The number of carbonyl (C=O) groups excluding carboxylic acids is 1. The van der Waals surface area contributed by atoms with Crippen molar-refractivity contribution in [1.82, 2.24) is 4.57 Å². The summed E-state index contributed by atoms with van der Waals surface area (Å²) >= 11 is 1.20. The molecule has 47 heavy (non-hydrogen) atoms. The van der Waals surface area contributed by atoms with E-state index in [9.17, 15) is 19.7 Å². The second-order valence-corrected chi connectivity index (χ2v) is 11.3. The van der Waals surface area contributed by atoms with Gasteiger partial charge in [0.25, 0.3) is 11.2 Å². The van der Waals surface area contributed by atoms with E-state index < -0.39 is 16.9 Å². The fraction of sp³-hybridized carbons (Fsp3) is 0.265. The summed E-state index contributed by atoms with van der Waals surface area (Å²) in [6.07, 6.45) is 1.74. The van der Waals surface area contributed by atoms with E-state index in [1.807, 2.05) is 6.92 Å². The number of rotatable bonds is 12. The van der Waals surface area contributed by atoms with E-state index >= 15 is 0 Å². The highest BCUT2D eigenvalue weighted by Gasteiger charge is 2.34. The fourth-order valence-electron chi connectivity index (χ4n) is 5.16. The summed E-state index contributed by atoms with van der Waals surface area (Å²) < 4.78 is 30.0. The van der Waals surface area contributed by atoms with E-state index in [0.29, 0.717) is 55.8 Å². The van der Waals surface area contributed by atoms with Crippen molar-refractivity contribution in [3.63, 3.8) is 0 Å². The minimum absolute atomic E-state index is 0.000659. The highest BCUT2D eigenvalue weighted by molar-refractivity contribution is 7.07. The monoisotopic (exact) mass is 659 g/mol. The molecule has 0 saturated carbocycles. The Morgan fingerprint density at radius 2 is 1.68 bits per heavy atom. The Balaban J connectivity index is 1.54. The van der Waals surface area contributed by atoms with Crippen molar-refractivity contribution in [2.24, 2.45) is 4.99 Å². The van der Waals surface area contributed by atoms with Crippen molar-refractivity contribution in [3.8, 4) is 23.0 Å². The SMILES string of the molecule is CCOC(=O)C1=C(C)N=c2sc(=Cc3ccc(OCc4ccc([N+](=O)[O-])cc4)c(OCC)c3)c(=O)n2[C@@H]1c1ccc(OC)c(OC)c1. The van der Waals surface area contributed by atoms with E-state index in [-0.39, 0.29) is 30.0 Å². The molecular formula is C34H33N3O9S. The fourth-order valence-corrected chi connectivity index (χ4v) is 6.20. The molecule has 0 spiro atoms. The molecule has 13 heteroatoms. The van der Waals surface area contributed by atoms with Crippen LogP contribution in [0.5, 0.6) is 23.0 Å². The molecule has 0 saturated heterocycles. The van der Waals surface area contributed by atoms with Gasteiger partial charge in [0.1, 0.15) is 6.61 Å². The van der Waals surface area contributed by atoms with E-state index in [1.165, 1.54) is 42.3 Å². The Labute approximate surface area is 273 Å². The molecule has 1 aliphatic rings. The van der Waals surface area contributed by atoms with Crippen LogP contribution in [0.3, 0.4) is 0 Å². The molecule has 1 aromatic heterocycles. The maximum atomic E-state index is 14.1. The van der Waals surface area contributed by atoms with Gasteiger partial charge in [-0.25, -0.2) is 9.79 Å². The van der Waals surface area contributed by atoms with Crippen LogP contribution in [0.15, 0.2) is 81.7 Å². The van der Waals surface area contributed by atoms with Gasteiger partial charge in [-0.1, -0.05) is 23.5 Å². The number of esters is 1. The zero-order valence-corrected chi connectivity index (χ0v) is 27.3. The van der Waals surface area contributed by atoms with Crippen molar-refractivity contribution in [2.45, 2.75) is 33.4 Å². The molecule has 1 atom stereocenters. The average molecular weight is 660 g/mol. The third-order valence-corrected chi connectivity index (χ3v) is 8.33. The predicted octanol–water partition coefficient (Wildman–Crippen LogP) is 4.70. The molecule has 0 N–H and O–H groups in total. The van der Waals surface area contributed by atoms with Gasteiger partial charge in [-0.05, 0) is 79.9 Å². The summed E-state index contributed by atoms with van der Waals surface area (Å²) in [5.41, 5.74) is 2.44. The number of carbonyl (C=O) groups is 1. The van der Waals surface area contributed by atoms with Gasteiger partial charge in [0.15, 0.2) is 27.8 Å². The molecule has 0 aliphatic carbocycles. The lowest BCUT2D eigenvalue weighted by Crippen LogP contribution is -2.39. The number of thiazole rings is 1. The molecule has 0 fully saturated rings. The van der Waals surface area contributed by atoms with Crippen LogP contribution in [0.2, 0.25) is 0 Å². The standard InChI is InChI=1S/C34H33N3O9S/c1-6-44-28-16-22(10-14-26(28)46-19-21-8-12-24(13-9-21)37(40)41)17-29-32(38)36-31(23-11-15-25(42-4)27(18-23)43-5)30(33(39)45-7-2)20(3)35-34(36)47-29/h8-18,31H,6-7,19H2,1-5H3/t31-/m1/s1. The van der Waals surface area contributed by atoms with Crippen LogP contribution < -0.4 is 33.8 Å². The van der Waals surface area contributed by atoms with Gasteiger partial charge in [-0.15, -0.1) is 0 Å². The number of non-ortho nitro benzene ring substituents is 1. The first-order chi connectivity index (χ1) is 22.7. The molecule has 4 aromatic rings. The van der Waals surface area contributed by atoms with Crippen molar-refractivity contribution in [3.05, 3.63) is 118 Å². The van der Waals surface area contributed by atoms with Crippen LogP contribution in [0, 0.1) is 10.1 Å². The topological polar surface area (TPSA) is 141 Å². The highest BCUT2D eigenvalue weighted by atomic mass is 32.1. The van der Waals surface area contributed by atoms with Crippen LogP contribution in [0.1, 0.15) is 43.5 Å². The summed E-state index contributed by atoms with van der Waals surface area (Å²) in [5.74, 6) is 1.34. The second-order valence-electron chi connectivity index (χ2n) is 10.3. The zero-order valence-electron chi connectivity index (χ0n) is 26.5. The number of hydrogen-bond acceptors (Lipinski definition) is 11. The Bertz CT molecular complexity index is 2030. The quantitative estimate of drug-likeness (QED) is 0.120. The summed E-state index contributed by atoms with van der Waals surface area (Å²) in [6, 6.07) is 15.9. The molecule has 3 aromatic carbocycles. The zero-order chi connectivity index (χ0) is 33.7. The third-order valence-electron chi connectivity index (χ3n) is 7.35. The highest BCUT2D eigenvalue weighted by Crippen LogP contribution is 2.36. The number of ether oxygens (including phenoxy) is 5. The van der Waals surface area contributed by atoms with Gasteiger partial charge < -0.3 is 23.7 Å². The van der Waals surface area contributed by atoms with E-state index in [1.54, 1.807) is 68.5 Å². The lowest BCUT2D eigenvalue weighted by atomic mass is 9.95. The summed E-state index contributed by atoms with van der Waals surface area (Å²) in [4.78, 5) is 42.9. The Kier molecular flexibility index (Phi) is 10.0. The summed E-state index contributed by atoms with van der Waals surface area (Å²) in [7, 11) is 3.05. The number of nitrogens with zero attached hydrogens (tertiary/aromatic N) is 3. The van der Waals surface area contributed by atoms with Gasteiger partial charge in [0.05, 0.1) is 54.2 Å². The van der Waals surface area contributed by atoms with Crippen LogP contribution in [0.4, 0.5) is 5.69 Å². The number of hydrogen-bond donors (Lipinski definition) is 0. The van der Waals surface area contributed by atoms with Crippen LogP contribution >= 0.6 is 11.3 Å². The van der Waals surface area contributed by atoms with Crippen LogP contribution in [-0.2, 0) is 16.1 Å². The van der Waals surface area contributed by atoms with Gasteiger partial charge in [-0.3, -0.25) is 19.5 Å². The minimum atomic E-state index is -0.818. The molecule has 244 valence electrons. The first kappa shape index (κ1) is 32.9. The number of nitro groups is 1. The number of aromatic nitrogens is 1. The Hall–Kier alpha value is -5.43. The number of benzene rings is 3. The number of fused-ring (bicyclic) bond motifs is 1. The number of nitro benzene ring substituents is 1. The molecule has 0 amide bonds. The molecule has 0 bridgehead atoms. The van der Waals surface area contributed by atoms with Crippen molar-refractivity contribution < 1.29 is 33.4 Å². The first-order valence-electron chi connectivity index (χ1n) is 14.7. The van der Waals surface area contributed by atoms with E-state index in [4.69, 9.17) is 23.7 Å². The predicted molar refractivity (Wildman–Crippen MR) is 175 cm³/mol. The summed E-state index contributed by atoms with van der Waals surface area (Å²) in [5, 5.41) is 11.0. The van der Waals surface area contributed by atoms with Gasteiger partial charge >= 0.3 is 5.97 Å². The van der Waals surface area contributed by atoms with Crippen LogP contribution in [0.25, 0.3) is 6.08 Å². The molecule has 12 nitrogen and oxygen atoms in total. The Morgan fingerprint density at radius 3 is 2.34 bits per heavy atom. The normalized spacial score (nSPS) is 14.2. The van der Waals surface area contributed by atoms with Gasteiger partial charge in [0, 0.05) is 12.1 Å². The first-order valence-corrected chi connectivity index (χ1v) is 15.5. The second kappa shape index (κ2) is 14.3. The van der Waals surface area contributed by atoms with E-state index in [2.05, 4.69) is 4.99 Å². The van der Waals surface area contributed by atoms with Gasteiger partial charge in [-0.2, -0.15) is 0 Å². The lowest BCUT2D eigenvalue weighted by molar-refractivity contribution is -0.384. The largest absolute Gasteiger partial charge is 0.493 e. The maximum Gasteiger partial charge on any atom is 0.338 e. The molecular weight excluding hydrogens is 626 g/mol. The van der Waals surface area contributed by atoms with E-state index in [0.717, 1.165) is 5.56 Å². The number of methoxy groups -OCH3 is 2.